The molecule has 8 nitrogen and oxygen atoms in total. The zero-order valence-electron chi connectivity index (χ0n) is 15.6. The normalized spacial score (nSPS) is 11.8. The fourth-order valence-electron chi connectivity index (χ4n) is 2.31. The summed E-state index contributed by atoms with van der Waals surface area (Å²) in [6.45, 7) is 3.30. The SMILES string of the molecule is C/C(=N/NC(=O)CCC(=O)N/N=C(/C)c1ccccc1O)c1ccccc1O. The molecule has 0 aliphatic heterocycles. The predicted molar refractivity (Wildman–Crippen MR) is 106 cm³/mol. The lowest BCUT2D eigenvalue weighted by Crippen LogP contribution is -2.24. The molecule has 0 aliphatic carbocycles. The number of rotatable bonds is 7. The monoisotopic (exact) mass is 382 g/mol. The van der Waals surface area contributed by atoms with Gasteiger partial charge in [-0.05, 0) is 38.1 Å². The van der Waals surface area contributed by atoms with E-state index in [1.54, 1.807) is 50.2 Å². The van der Waals surface area contributed by atoms with Crippen molar-refractivity contribution in [1.82, 2.24) is 10.9 Å². The van der Waals surface area contributed by atoms with Gasteiger partial charge in [0, 0.05) is 24.0 Å². The van der Waals surface area contributed by atoms with Gasteiger partial charge in [0.05, 0.1) is 11.4 Å². The molecule has 28 heavy (non-hydrogen) atoms. The number of nitrogens with zero attached hydrogens (tertiary/aromatic N) is 2. The quantitative estimate of drug-likeness (QED) is 0.433. The molecular formula is C20H22N4O4. The van der Waals surface area contributed by atoms with E-state index in [0.29, 0.717) is 22.6 Å². The van der Waals surface area contributed by atoms with Gasteiger partial charge in [0.1, 0.15) is 11.5 Å². The minimum Gasteiger partial charge on any atom is -0.507 e. The van der Waals surface area contributed by atoms with Crippen LogP contribution in [0.5, 0.6) is 11.5 Å². The van der Waals surface area contributed by atoms with Crippen LogP contribution in [0, 0.1) is 0 Å². The van der Waals surface area contributed by atoms with Crippen LogP contribution in [0.3, 0.4) is 0 Å². The number of amides is 2. The average Bonchev–Trinajstić information content (AvgIpc) is 2.69. The van der Waals surface area contributed by atoms with Crippen molar-refractivity contribution in [3.05, 3.63) is 59.7 Å². The molecule has 0 saturated carbocycles. The Morgan fingerprint density at radius 2 is 1.11 bits per heavy atom. The first-order valence-electron chi connectivity index (χ1n) is 8.61. The number of phenols is 2. The van der Waals surface area contributed by atoms with Gasteiger partial charge in [0.25, 0.3) is 0 Å². The van der Waals surface area contributed by atoms with Gasteiger partial charge in [-0.15, -0.1) is 0 Å². The molecule has 0 bridgehead atoms. The lowest BCUT2D eigenvalue weighted by atomic mass is 10.1. The van der Waals surface area contributed by atoms with Gasteiger partial charge in [-0.2, -0.15) is 10.2 Å². The summed E-state index contributed by atoms with van der Waals surface area (Å²) in [7, 11) is 0. The molecule has 0 unspecified atom stereocenters. The largest absolute Gasteiger partial charge is 0.507 e. The zero-order valence-corrected chi connectivity index (χ0v) is 15.6. The number of carbonyl (C=O) groups is 2. The van der Waals surface area contributed by atoms with Gasteiger partial charge in [-0.3, -0.25) is 9.59 Å². The zero-order chi connectivity index (χ0) is 20.5. The molecule has 0 aromatic heterocycles. The molecule has 4 N–H and O–H groups in total. The summed E-state index contributed by atoms with van der Waals surface area (Å²) in [6.07, 6.45) is -0.150. The average molecular weight is 382 g/mol. The topological polar surface area (TPSA) is 123 Å². The number of benzene rings is 2. The maximum Gasteiger partial charge on any atom is 0.240 e. The molecule has 0 spiro atoms. The molecule has 2 rings (SSSR count). The smallest absolute Gasteiger partial charge is 0.240 e. The van der Waals surface area contributed by atoms with Gasteiger partial charge in [-0.1, -0.05) is 24.3 Å². The van der Waals surface area contributed by atoms with Crippen LogP contribution in [0.1, 0.15) is 37.8 Å². The number of hydrogen-bond acceptors (Lipinski definition) is 6. The highest BCUT2D eigenvalue weighted by molar-refractivity contribution is 6.02. The van der Waals surface area contributed by atoms with E-state index >= 15 is 0 Å². The number of hydrazone groups is 2. The van der Waals surface area contributed by atoms with E-state index in [2.05, 4.69) is 21.1 Å². The van der Waals surface area contributed by atoms with E-state index in [-0.39, 0.29) is 24.3 Å². The van der Waals surface area contributed by atoms with Gasteiger partial charge < -0.3 is 10.2 Å². The first-order chi connectivity index (χ1) is 13.4. The van der Waals surface area contributed by atoms with Crippen molar-refractivity contribution < 1.29 is 19.8 Å². The van der Waals surface area contributed by atoms with Crippen molar-refractivity contribution in [2.24, 2.45) is 10.2 Å². The summed E-state index contributed by atoms with van der Waals surface area (Å²) in [6, 6.07) is 13.3. The number of aromatic hydroxyl groups is 2. The molecule has 0 fully saturated rings. The molecule has 146 valence electrons. The van der Waals surface area contributed by atoms with E-state index in [0.717, 1.165) is 0 Å². The van der Waals surface area contributed by atoms with Crippen LogP contribution in [-0.4, -0.2) is 33.5 Å². The summed E-state index contributed by atoms with van der Waals surface area (Å²) in [5.41, 5.74) is 6.61. The van der Waals surface area contributed by atoms with Gasteiger partial charge in [-0.25, -0.2) is 10.9 Å². The Bertz CT molecular complexity index is 846. The first kappa shape index (κ1) is 20.6. The van der Waals surface area contributed by atoms with E-state index in [1.807, 2.05) is 0 Å². The Hall–Kier alpha value is -3.68. The van der Waals surface area contributed by atoms with Crippen LogP contribution >= 0.6 is 0 Å². The highest BCUT2D eigenvalue weighted by Gasteiger charge is 2.08. The Labute approximate surface area is 162 Å². The third-order valence-corrected chi connectivity index (χ3v) is 3.86. The van der Waals surface area contributed by atoms with Gasteiger partial charge >= 0.3 is 0 Å². The summed E-state index contributed by atoms with van der Waals surface area (Å²) in [5.74, 6) is -0.747. The standard InChI is InChI=1S/C20H22N4O4/c1-13(15-7-3-5-9-17(15)25)21-23-19(27)11-12-20(28)24-22-14(2)16-8-4-6-10-18(16)26/h3-10,25-26H,11-12H2,1-2H3,(H,23,27)(H,24,28)/b21-13-,22-14-. The predicted octanol–water partition coefficient (Wildman–Crippen LogP) is 2.26. The second-order valence-corrected chi connectivity index (χ2v) is 6.00. The maximum atomic E-state index is 11.8. The van der Waals surface area contributed by atoms with E-state index in [1.165, 1.54) is 12.1 Å². The Morgan fingerprint density at radius 3 is 1.46 bits per heavy atom. The van der Waals surface area contributed by atoms with Crippen molar-refractivity contribution in [2.75, 3.05) is 0 Å². The number of hydrogen-bond donors (Lipinski definition) is 4. The minimum atomic E-state index is -0.439. The van der Waals surface area contributed by atoms with Crippen LogP contribution < -0.4 is 10.9 Å². The molecule has 0 radical (unpaired) electrons. The second kappa shape index (κ2) is 9.86. The number of nitrogens with one attached hydrogen (secondary N) is 2. The Kier molecular flexibility index (Phi) is 7.27. The maximum absolute atomic E-state index is 11.8. The fraction of sp³-hybridized carbons (Fsp3) is 0.200. The molecule has 2 aromatic carbocycles. The molecule has 0 saturated heterocycles. The van der Waals surface area contributed by atoms with Crippen molar-refractivity contribution in [1.29, 1.82) is 0 Å². The molecular weight excluding hydrogens is 360 g/mol. The Balaban J connectivity index is 1.82. The minimum absolute atomic E-state index is 0.0649. The molecule has 0 atom stereocenters. The number of para-hydroxylation sites is 2. The van der Waals surface area contributed by atoms with E-state index < -0.39 is 11.8 Å². The third-order valence-electron chi connectivity index (χ3n) is 3.86. The second-order valence-electron chi connectivity index (χ2n) is 6.00. The van der Waals surface area contributed by atoms with Crippen LogP contribution in [0.2, 0.25) is 0 Å². The highest BCUT2D eigenvalue weighted by Crippen LogP contribution is 2.17. The molecule has 0 aliphatic rings. The third kappa shape index (κ3) is 5.94. The molecule has 2 aromatic rings. The van der Waals surface area contributed by atoms with Crippen molar-refractivity contribution in [2.45, 2.75) is 26.7 Å². The molecule has 0 heterocycles. The first-order valence-corrected chi connectivity index (χ1v) is 8.61. The summed E-state index contributed by atoms with van der Waals surface area (Å²) in [4.78, 5) is 23.7. The van der Waals surface area contributed by atoms with Crippen LogP contribution in [0.15, 0.2) is 58.7 Å². The van der Waals surface area contributed by atoms with E-state index in [9.17, 15) is 19.8 Å². The lowest BCUT2D eigenvalue weighted by Gasteiger charge is -2.05. The van der Waals surface area contributed by atoms with Gasteiger partial charge in [0.15, 0.2) is 0 Å². The summed E-state index contributed by atoms with van der Waals surface area (Å²) < 4.78 is 0. The van der Waals surface area contributed by atoms with Crippen LogP contribution in [0.25, 0.3) is 0 Å². The summed E-state index contributed by atoms with van der Waals surface area (Å²) in [5, 5.41) is 27.4. The number of phenolic OH excluding ortho intramolecular Hbond substituents is 2. The number of carbonyl (C=O) groups excluding carboxylic acids is 2. The molecule has 8 heteroatoms. The lowest BCUT2D eigenvalue weighted by molar-refractivity contribution is -0.126. The van der Waals surface area contributed by atoms with Crippen molar-refractivity contribution in [3.63, 3.8) is 0 Å². The summed E-state index contributed by atoms with van der Waals surface area (Å²) >= 11 is 0. The van der Waals surface area contributed by atoms with Crippen LogP contribution in [-0.2, 0) is 9.59 Å². The molecule has 2 amide bonds. The fourth-order valence-corrected chi connectivity index (χ4v) is 2.31. The van der Waals surface area contributed by atoms with E-state index in [4.69, 9.17) is 0 Å². The highest BCUT2D eigenvalue weighted by atomic mass is 16.3. The van der Waals surface area contributed by atoms with Crippen molar-refractivity contribution >= 4 is 23.2 Å². The van der Waals surface area contributed by atoms with Crippen molar-refractivity contribution in [3.8, 4) is 11.5 Å². The van der Waals surface area contributed by atoms with Gasteiger partial charge in [0.2, 0.25) is 11.8 Å². The Morgan fingerprint density at radius 1 is 0.750 bits per heavy atom. The van der Waals surface area contributed by atoms with Crippen LogP contribution in [0.4, 0.5) is 0 Å².